The molecule has 78 valence electrons. The maximum absolute atomic E-state index is 10.1. The highest BCUT2D eigenvalue weighted by molar-refractivity contribution is 5.83. The molecule has 0 amide bonds. The standard InChI is InChI=1S/C13H15NO/c1-9-8-14-11-7-5-4-6-10(11)12(9)13(2,3)15/h4-8,15H,1-3H3. The summed E-state index contributed by atoms with van der Waals surface area (Å²) in [4.78, 5) is 4.34. The highest BCUT2D eigenvalue weighted by atomic mass is 16.3. The lowest BCUT2D eigenvalue weighted by Gasteiger charge is -2.22. The number of para-hydroxylation sites is 1. The molecule has 1 N–H and O–H groups in total. The van der Waals surface area contributed by atoms with Gasteiger partial charge in [-0.3, -0.25) is 4.98 Å². The second-order valence-corrected chi connectivity index (χ2v) is 4.39. The summed E-state index contributed by atoms with van der Waals surface area (Å²) in [5, 5.41) is 11.2. The fraction of sp³-hybridized carbons (Fsp3) is 0.308. The van der Waals surface area contributed by atoms with Gasteiger partial charge in [0.05, 0.1) is 11.1 Å². The van der Waals surface area contributed by atoms with E-state index in [1.54, 1.807) is 0 Å². The van der Waals surface area contributed by atoms with Crippen LogP contribution in [0, 0.1) is 6.92 Å². The van der Waals surface area contributed by atoms with E-state index < -0.39 is 5.60 Å². The molecule has 0 atom stereocenters. The third-order valence-corrected chi connectivity index (χ3v) is 2.58. The van der Waals surface area contributed by atoms with Gasteiger partial charge < -0.3 is 5.11 Å². The molecule has 2 nitrogen and oxygen atoms in total. The van der Waals surface area contributed by atoms with Crippen molar-refractivity contribution < 1.29 is 5.11 Å². The summed E-state index contributed by atoms with van der Waals surface area (Å²) in [6.45, 7) is 5.59. The molecule has 0 saturated heterocycles. The van der Waals surface area contributed by atoms with Gasteiger partial charge in [-0.25, -0.2) is 0 Å². The number of hydrogen-bond donors (Lipinski definition) is 1. The van der Waals surface area contributed by atoms with Crippen molar-refractivity contribution in [2.24, 2.45) is 0 Å². The van der Waals surface area contributed by atoms with Gasteiger partial charge in [-0.2, -0.15) is 0 Å². The summed E-state index contributed by atoms with van der Waals surface area (Å²) in [5.41, 5.74) is 2.10. The SMILES string of the molecule is Cc1cnc2ccccc2c1C(C)(C)O. The van der Waals surface area contributed by atoms with Gasteiger partial charge in [-0.1, -0.05) is 18.2 Å². The summed E-state index contributed by atoms with van der Waals surface area (Å²) < 4.78 is 0. The van der Waals surface area contributed by atoms with Crippen LogP contribution in [0.3, 0.4) is 0 Å². The maximum atomic E-state index is 10.1. The molecule has 1 aromatic heterocycles. The Morgan fingerprint density at radius 3 is 2.53 bits per heavy atom. The average molecular weight is 201 g/mol. The van der Waals surface area contributed by atoms with Crippen molar-refractivity contribution in [3.8, 4) is 0 Å². The van der Waals surface area contributed by atoms with Gasteiger partial charge in [0, 0.05) is 11.6 Å². The normalized spacial score (nSPS) is 12.0. The molecule has 0 fully saturated rings. The van der Waals surface area contributed by atoms with E-state index in [1.807, 2.05) is 51.2 Å². The van der Waals surface area contributed by atoms with E-state index in [0.717, 1.165) is 22.0 Å². The summed E-state index contributed by atoms with van der Waals surface area (Å²) >= 11 is 0. The van der Waals surface area contributed by atoms with E-state index in [0.29, 0.717) is 0 Å². The Morgan fingerprint density at radius 2 is 1.87 bits per heavy atom. The Hall–Kier alpha value is -1.41. The number of pyridine rings is 1. The summed E-state index contributed by atoms with van der Waals surface area (Å²) in [7, 11) is 0. The minimum absolute atomic E-state index is 0.827. The first-order valence-electron chi connectivity index (χ1n) is 5.07. The first kappa shape index (κ1) is 10.1. The molecule has 0 aliphatic rings. The number of aliphatic hydroxyl groups is 1. The fourth-order valence-electron chi connectivity index (χ4n) is 2.05. The predicted octanol–water partition coefficient (Wildman–Crippen LogP) is 2.77. The molecule has 2 rings (SSSR count). The molecule has 0 radical (unpaired) electrons. The zero-order chi connectivity index (χ0) is 11.1. The lowest BCUT2D eigenvalue weighted by atomic mass is 9.91. The minimum atomic E-state index is -0.827. The van der Waals surface area contributed by atoms with Crippen molar-refractivity contribution >= 4 is 10.9 Å². The zero-order valence-corrected chi connectivity index (χ0v) is 9.28. The van der Waals surface area contributed by atoms with Gasteiger partial charge in [-0.15, -0.1) is 0 Å². The molecule has 0 spiro atoms. The predicted molar refractivity (Wildman–Crippen MR) is 61.7 cm³/mol. The van der Waals surface area contributed by atoms with E-state index in [-0.39, 0.29) is 0 Å². The van der Waals surface area contributed by atoms with Gasteiger partial charge in [0.15, 0.2) is 0 Å². The highest BCUT2D eigenvalue weighted by Gasteiger charge is 2.21. The summed E-state index contributed by atoms with van der Waals surface area (Å²) in [6, 6.07) is 7.89. The minimum Gasteiger partial charge on any atom is -0.386 e. The van der Waals surface area contributed by atoms with Crippen LogP contribution < -0.4 is 0 Å². The number of benzene rings is 1. The molecule has 15 heavy (non-hydrogen) atoms. The lowest BCUT2D eigenvalue weighted by Crippen LogP contribution is -2.18. The Kier molecular flexibility index (Phi) is 2.24. The molecule has 0 unspecified atom stereocenters. The monoisotopic (exact) mass is 201 g/mol. The molecule has 2 heteroatoms. The first-order valence-corrected chi connectivity index (χ1v) is 5.07. The lowest BCUT2D eigenvalue weighted by molar-refractivity contribution is 0.0795. The summed E-state index contributed by atoms with van der Waals surface area (Å²) in [5.74, 6) is 0. The number of nitrogens with zero attached hydrogens (tertiary/aromatic N) is 1. The molecular formula is C13H15NO. The second kappa shape index (κ2) is 3.31. The van der Waals surface area contributed by atoms with Crippen LogP contribution in [0.2, 0.25) is 0 Å². The third kappa shape index (κ3) is 1.73. The topological polar surface area (TPSA) is 33.1 Å². The van der Waals surface area contributed by atoms with Crippen molar-refractivity contribution in [1.82, 2.24) is 4.98 Å². The number of aryl methyl sites for hydroxylation is 1. The molecule has 2 aromatic rings. The van der Waals surface area contributed by atoms with Crippen molar-refractivity contribution in [3.63, 3.8) is 0 Å². The number of fused-ring (bicyclic) bond motifs is 1. The van der Waals surface area contributed by atoms with Crippen molar-refractivity contribution in [1.29, 1.82) is 0 Å². The largest absolute Gasteiger partial charge is 0.386 e. The summed E-state index contributed by atoms with van der Waals surface area (Å²) in [6.07, 6.45) is 1.82. The van der Waals surface area contributed by atoms with E-state index in [1.165, 1.54) is 0 Å². The van der Waals surface area contributed by atoms with Crippen LogP contribution in [-0.4, -0.2) is 10.1 Å². The number of hydrogen-bond acceptors (Lipinski definition) is 2. The van der Waals surface area contributed by atoms with Crippen LogP contribution in [0.15, 0.2) is 30.5 Å². The number of aromatic nitrogens is 1. The average Bonchev–Trinajstić information content (AvgIpc) is 2.15. The van der Waals surface area contributed by atoms with Crippen LogP contribution in [0.25, 0.3) is 10.9 Å². The van der Waals surface area contributed by atoms with Crippen LogP contribution in [0.1, 0.15) is 25.0 Å². The molecule has 0 aliphatic heterocycles. The molecule has 1 aromatic carbocycles. The van der Waals surface area contributed by atoms with E-state index in [9.17, 15) is 5.11 Å². The van der Waals surface area contributed by atoms with Gasteiger partial charge in [-0.05, 0) is 38.0 Å². The Bertz CT molecular complexity index is 497. The van der Waals surface area contributed by atoms with Crippen molar-refractivity contribution in [2.45, 2.75) is 26.4 Å². The molecule has 0 saturated carbocycles. The van der Waals surface area contributed by atoms with E-state index in [2.05, 4.69) is 4.98 Å². The van der Waals surface area contributed by atoms with Gasteiger partial charge in [0.1, 0.15) is 0 Å². The van der Waals surface area contributed by atoms with Crippen molar-refractivity contribution in [2.75, 3.05) is 0 Å². The Balaban J connectivity index is 2.86. The zero-order valence-electron chi connectivity index (χ0n) is 9.28. The van der Waals surface area contributed by atoms with E-state index in [4.69, 9.17) is 0 Å². The first-order chi connectivity index (χ1) is 7.00. The van der Waals surface area contributed by atoms with Crippen LogP contribution in [-0.2, 0) is 5.60 Å². The molecule has 0 aliphatic carbocycles. The Morgan fingerprint density at radius 1 is 1.20 bits per heavy atom. The highest BCUT2D eigenvalue weighted by Crippen LogP contribution is 2.29. The van der Waals surface area contributed by atoms with Gasteiger partial charge in [0.2, 0.25) is 0 Å². The molecular weight excluding hydrogens is 186 g/mol. The van der Waals surface area contributed by atoms with Crippen LogP contribution in [0.5, 0.6) is 0 Å². The molecule has 0 bridgehead atoms. The second-order valence-electron chi connectivity index (χ2n) is 4.39. The van der Waals surface area contributed by atoms with Crippen LogP contribution >= 0.6 is 0 Å². The Labute approximate surface area is 89.6 Å². The third-order valence-electron chi connectivity index (χ3n) is 2.58. The van der Waals surface area contributed by atoms with E-state index >= 15 is 0 Å². The van der Waals surface area contributed by atoms with Crippen molar-refractivity contribution in [3.05, 3.63) is 41.6 Å². The number of rotatable bonds is 1. The molecule has 1 heterocycles. The van der Waals surface area contributed by atoms with Gasteiger partial charge >= 0.3 is 0 Å². The maximum Gasteiger partial charge on any atom is 0.0850 e. The quantitative estimate of drug-likeness (QED) is 0.769. The van der Waals surface area contributed by atoms with Crippen LogP contribution in [0.4, 0.5) is 0 Å². The van der Waals surface area contributed by atoms with Gasteiger partial charge in [0.25, 0.3) is 0 Å². The fourth-order valence-corrected chi connectivity index (χ4v) is 2.05. The smallest absolute Gasteiger partial charge is 0.0850 e.